The summed E-state index contributed by atoms with van der Waals surface area (Å²) < 4.78 is 5.08. The Morgan fingerprint density at radius 3 is 2.85 bits per heavy atom. The van der Waals surface area contributed by atoms with E-state index in [1.807, 2.05) is 6.07 Å². The zero-order valence-corrected chi connectivity index (χ0v) is 7.96. The molecule has 0 spiro atoms. The Morgan fingerprint density at radius 2 is 2.38 bits per heavy atom. The van der Waals surface area contributed by atoms with Gasteiger partial charge >= 0.3 is 0 Å². The number of nitrogens with one attached hydrogen (secondary N) is 1. The van der Waals surface area contributed by atoms with Crippen molar-refractivity contribution in [3.05, 3.63) is 0 Å². The number of rotatable bonds is 2. The molecule has 0 saturated carbocycles. The third kappa shape index (κ3) is 2.71. The molecule has 0 radical (unpaired) electrons. The first-order valence-corrected chi connectivity index (χ1v) is 4.36. The minimum absolute atomic E-state index is 0.0763. The standard InChI is InChI=1S/C9H14N2O2/c1-9(2,6-10)11-8(12)7-3-4-13-5-7/h7H,3-5H2,1-2H3,(H,11,12). The zero-order chi connectivity index (χ0) is 9.90. The number of amides is 1. The smallest absolute Gasteiger partial charge is 0.226 e. The van der Waals surface area contributed by atoms with Crippen molar-refractivity contribution in [2.24, 2.45) is 5.92 Å². The van der Waals surface area contributed by atoms with E-state index < -0.39 is 5.54 Å². The van der Waals surface area contributed by atoms with Crippen LogP contribution in [0.3, 0.4) is 0 Å². The van der Waals surface area contributed by atoms with Crippen LogP contribution in [0.2, 0.25) is 0 Å². The summed E-state index contributed by atoms with van der Waals surface area (Å²) in [5.74, 6) is -0.156. The molecule has 1 aliphatic rings. The van der Waals surface area contributed by atoms with Crippen molar-refractivity contribution < 1.29 is 9.53 Å². The Kier molecular flexibility index (Phi) is 2.89. The van der Waals surface area contributed by atoms with Crippen molar-refractivity contribution in [1.29, 1.82) is 5.26 Å². The molecule has 1 saturated heterocycles. The van der Waals surface area contributed by atoms with E-state index in [1.165, 1.54) is 0 Å². The number of nitriles is 1. The topological polar surface area (TPSA) is 62.1 Å². The summed E-state index contributed by atoms with van der Waals surface area (Å²) in [6, 6.07) is 2.02. The third-order valence-corrected chi connectivity index (χ3v) is 2.02. The summed E-state index contributed by atoms with van der Waals surface area (Å²) in [5.41, 5.74) is -0.778. The lowest BCUT2D eigenvalue weighted by Gasteiger charge is -2.19. The fourth-order valence-corrected chi connectivity index (χ4v) is 1.18. The lowest BCUT2D eigenvalue weighted by molar-refractivity contribution is -0.126. The largest absolute Gasteiger partial charge is 0.381 e. The fraction of sp³-hybridized carbons (Fsp3) is 0.778. The molecule has 1 amide bonds. The van der Waals surface area contributed by atoms with Gasteiger partial charge in [-0.3, -0.25) is 4.79 Å². The highest BCUT2D eigenvalue weighted by Crippen LogP contribution is 2.13. The van der Waals surface area contributed by atoms with E-state index in [4.69, 9.17) is 10.00 Å². The highest BCUT2D eigenvalue weighted by atomic mass is 16.5. The van der Waals surface area contributed by atoms with E-state index in [9.17, 15) is 4.79 Å². The summed E-state index contributed by atoms with van der Waals surface area (Å²) in [5, 5.41) is 11.4. The molecule has 0 aliphatic carbocycles. The van der Waals surface area contributed by atoms with Crippen molar-refractivity contribution in [1.82, 2.24) is 5.32 Å². The van der Waals surface area contributed by atoms with Crippen LogP contribution in [-0.2, 0) is 9.53 Å². The molecule has 4 nitrogen and oxygen atoms in total. The molecule has 0 aromatic carbocycles. The molecule has 0 aromatic rings. The molecule has 13 heavy (non-hydrogen) atoms. The van der Waals surface area contributed by atoms with Gasteiger partial charge in [-0.15, -0.1) is 0 Å². The van der Waals surface area contributed by atoms with Crippen LogP contribution in [0, 0.1) is 17.2 Å². The van der Waals surface area contributed by atoms with Gasteiger partial charge in [0.2, 0.25) is 5.91 Å². The first kappa shape index (κ1) is 10.0. The fourth-order valence-electron chi connectivity index (χ4n) is 1.18. The minimum atomic E-state index is -0.778. The molecule has 1 heterocycles. The number of hydrogen-bond acceptors (Lipinski definition) is 3. The van der Waals surface area contributed by atoms with Crippen LogP contribution >= 0.6 is 0 Å². The van der Waals surface area contributed by atoms with Crippen LogP contribution in [0.1, 0.15) is 20.3 Å². The van der Waals surface area contributed by atoms with E-state index in [1.54, 1.807) is 13.8 Å². The summed E-state index contributed by atoms with van der Waals surface area (Å²) >= 11 is 0. The van der Waals surface area contributed by atoms with Crippen LogP contribution in [-0.4, -0.2) is 24.7 Å². The monoisotopic (exact) mass is 182 g/mol. The molecule has 1 N–H and O–H groups in total. The van der Waals surface area contributed by atoms with Gasteiger partial charge in [0.1, 0.15) is 5.54 Å². The van der Waals surface area contributed by atoms with Crippen molar-refractivity contribution in [2.75, 3.05) is 13.2 Å². The average Bonchev–Trinajstić information content (AvgIpc) is 2.55. The van der Waals surface area contributed by atoms with Gasteiger partial charge in [-0.1, -0.05) is 0 Å². The summed E-state index contributed by atoms with van der Waals surface area (Å²) in [6.45, 7) is 4.49. The molecule has 1 atom stereocenters. The van der Waals surface area contributed by atoms with Crippen LogP contribution in [0.5, 0.6) is 0 Å². The highest BCUT2D eigenvalue weighted by molar-refractivity contribution is 5.80. The molecule has 72 valence electrons. The average molecular weight is 182 g/mol. The predicted molar refractivity (Wildman–Crippen MR) is 46.8 cm³/mol. The van der Waals surface area contributed by atoms with Gasteiger partial charge in [0.05, 0.1) is 18.6 Å². The van der Waals surface area contributed by atoms with Crippen LogP contribution in [0.25, 0.3) is 0 Å². The van der Waals surface area contributed by atoms with Gasteiger partial charge in [0.25, 0.3) is 0 Å². The molecule has 4 heteroatoms. The third-order valence-electron chi connectivity index (χ3n) is 2.02. The Hall–Kier alpha value is -1.08. The lowest BCUT2D eigenvalue weighted by atomic mass is 10.0. The summed E-state index contributed by atoms with van der Waals surface area (Å²) in [4.78, 5) is 11.5. The second kappa shape index (κ2) is 3.75. The first-order valence-electron chi connectivity index (χ1n) is 4.36. The van der Waals surface area contributed by atoms with E-state index in [0.29, 0.717) is 13.2 Å². The van der Waals surface area contributed by atoms with E-state index in [2.05, 4.69) is 5.32 Å². The summed E-state index contributed by atoms with van der Waals surface area (Å²) in [6.07, 6.45) is 0.757. The lowest BCUT2D eigenvalue weighted by Crippen LogP contribution is -2.45. The Balaban J connectivity index is 2.45. The molecule has 1 unspecified atom stereocenters. The Morgan fingerprint density at radius 1 is 1.69 bits per heavy atom. The minimum Gasteiger partial charge on any atom is -0.381 e. The molecule has 1 fully saturated rings. The maximum atomic E-state index is 11.5. The molecular formula is C9H14N2O2. The Labute approximate surface area is 77.9 Å². The molecule has 1 aliphatic heterocycles. The zero-order valence-electron chi connectivity index (χ0n) is 7.96. The van der Waals surface area contributed by atoms with Crippen molar-refractivity contribution >= 4 is 5.91 Å². The van der Waals surface area contributed by atoms with Gasteiger partial charge in [-0.2, -0.15) is 5.26 Å². The van der Waals surface area contributed by atoms with Crippen LogP contribution < -0.4 is 5.32 Å². The number of nitrogens with zero attached hydrogens (tertiary/aromatic N) is 1. The second-order valence-electron chi connectivity index (χ2n) is 3.79. The van der Waals surface area contributed by atoms with Gasteiger partial charge in [0.15, 0.2) is 0 Å². The maximum Gasteiger partial charge on any atom is 0.226 e. The number of carbonyl (C=O) groups is 1. The molecule has 1 rings (SSSR count). The van der Waals surface area contributed by atoms with E-state index >= 15 is 0 Å². The van der Waals surface area contributed by atoms with Crippen LogP contribution in [0.4, 0.5) is 0 Å². The SMILES string of the molecule is CC(C)(C#N)NC(=O)C1CCOC1. The van der Waals surface area contributed by atoms with Crippen LogP contribution in [0.15, 0.2) is 0 Å². The summed E-state index contributed by atoms with van der Waals surface area (Å²) in [7, 11) is 0. The maximum absolute atomic E-state index is 11.5. The predicted octanol–water partition coefficient (Wildman–Crippen LogP) is 0.441. The van der Waals surface area contributed by atoms with Gasteiger partial charge in [0, 0.05) is 6.61 Å². The second-order valence-corrected chi connectivity index (χ2v) is 3.79. The van der Waals surface area contributed by atoms with Gasteiger partial charge in [-0.25, -0.2) is 0 Å². The molecular weight excluding hydrogens is 168 g/mol. The quantitative estimate of drug-likeness (QED) is 0.674. The van der Waals surface area contributed by atoms with Crippen molar-refractivity contribution in [3.63, 3.8) is 0 Å². The molecule has 0 bridgehead atoms. The van der Waals surface area contributed by atoms with Gasteiger partial charge < -0.3 is 10.1 Å². The normalized spacial score (nSPS) is 22.4. The van der Waals surface area contributed by atoms with E-state index in [-0.39, 0.29) is 11.8 Å². The van der Waals surface area contributed by atoms with Crippen molar-refractivity contribution in [2.45, 2.75) is 25.8 Å². The highest BCUT2D eigenvalue weighted by Gasteiger charge is 2.28. The van der Waals surface area contributed by atoms with Gasteiger partial charge in [-0.05, 0) is 20.3 Å². The number of hydrogen-bond donors (Lipinski definition) is 1. The number of ether oxygens (including phenoxy) is 1. The Bertz CT molecular complexity index is 236. The van der Waals surface area contributed by atoms with Crippen molar-refractivity contribution in [3.8, 4) is 6.07 Å². The number of carbonyl (C=O) groups excluding carboxylic acids is 1. The van der Waals surface area contributed by atoms with E-state index in [0.717, 1.165) is 6.42 Å². The molecule has 0 aromatic heterocycles. The first-order chi connectivity index (χ1) is 6.05.